The van der Waals surface area contributed by atoms with Crippen LogP contribution in [0.2, 0.25) is 0 Å². The molecule has 113 heavy (non-hydrogen) atoms. The van der Waals surface area contributed by atoms with E-state index >= 15 is 0 Å². The van der Waals surface area contributed by atoms with Crippen molar-refractivity contribution >= 4 is 97.1 Å². The summed E-state index contributed by atoms with van der Waals surface area (Å²) in [7, 11) is 3.51. The summed E-state index contributed by atoms with van der Waals surface area (Å²) in [5.41, 5.74) is 26.5. The Morgan fingerprint density at radius 2 is 0.265 bits per heavy atom. The van der Waals surface area contributed by atoms with Crippen LogP contribution in [0.15, 0.2) is 388 Å². The van der Waals surface area contributed by atoms with Crippen molar-refractivity contribution in [3.63, 3.8) is 0 Å². The van der Waals surface area contributed by atoms with E-state index in [9.17, 15) is 0 Å². The van der Waals surface area contributed by atoms with Gasteiger partial charge in [-0.15, -0.1) is 0 Å². The number of benzene rings is 16. The van der Waals surface area contributed by atoms with Crippen molar-refractivity contribution in [2.45, 2.75) is 27.7 Å². The smallest absolute Gasteiger partial charge is 0.179 e. The third-order valence-electron chi connectivity index (χ3n) is 21.6. The van der Waals surface area contributed by atoms with Crippen LogP contribution in [-0.2, 0) is 0 Å². The number of hydrogen-bond donors (Lipinski definition) is 0. The van der Waals surface area contributed by atoms with Crippen molar-refractivity contribution in [2.75, 3.05) is 48.0 Å². The van der Waals surface area contributed by atoms with E-state index in [4.69, 9.17) is 18.9 Å². The molecule has 0 heterocycles. The van der Waals surface area contributed by atoms with Crippen molar-refractivity contribution in [3.05, 3.63) is 411 Å². The molecule has 0 fully saturated rings. The molecule has 0 aliphatic carbocycles. The van der Waals surface area contributed by atoms with E-state index in [0.29, 0.717) is 0 Å². The molecule has 0 amide bonds. The maximum atomic E-state index is 5.60. The highest BCUT2D eigenvalue weighted by atomic mass is 28.3. The van der Waals surface area contributed by atoms with Gasteiger partial charge in [-0.1, -0.05) is 216 Å². The van der Waals surface area contributed by atoms with Crippen LogP contribution in [0.1, 0.15) is 22.3 Å². The van der Waals surface area contributed by atoms with Gasteiger partial charge in [-0.25, -0.2) is 0 Å². The van der Waals surface area contributed by atoms with E-state index in [-0.39, 0.29) is 0 Å². The van der Waals surface area contributed by atoms with E-state index in [1.165, 1.54) is 43.0 Å². The van der Waals surface area contributed by atoms with Crippen LogP contribution in [0.3, 0.4) is 0 Å². The van der Waals surface area contributed by atoms with Crippen molar-refractivity contribution < 1.29 is 18.9 Å². The zero-order chi connectivity index (χ0) is 77.4. The second kappa shape index (κ2) is 32.8. The monoisotopic (exact) mass is 1480 g/mol. The summed E-state index contributed by atoms with van der Waals surface area (Å²) in [4.78, 5) is 9.19. The third-order valence-corrected chi connectivity index (χ3v) is 26.4. The van der Waals surface area contributed by atoms with E-state index < -0.39 is 8.07 Å². The second-order valence-corrected chi connectivity index (χ2v) is 32.5. The van der Waals surface area contributed by atoms with Crippen molar-refractivity contribution in [1.82, 2.24) is 0 Å². The highest BCUT2D eigenvalue weighted by Gasteiger charge is 2.42. The fourth-order valence-electron chi connectivity index (χ4n) is 15.4. The summed E-state index contributed by atoms with van der Waals surface area (Å²) >= 11 is 0. The Labute approximate surface area is 665 Å². The molecular weight excluding hydrogens is 1400 g/mol. The third kappa shape index (κ3) is 15.5. The van der Waals surface area contributed by atoms with Gasteiger partial charge in [-0.05, 0) is 287 Å². The molecular formula is C104H88N4O4Si. The lowest BCUT2D eigenvalue weighted by atomic mass is 10.0. The zero-order valence-electron chi connectivity index (χ0n) is 64.9. The first-order valence-corrected chi connectivity index (χ1v) is 40.3. The number of methoxy groups -OCH3 is 4. The lowest BCUT2D eigenvalue weighted by Crippen LogP contribution is -2.74. The van der Waals surface area contributed by atoms with Crippen LogP contribution in [0.25, 0.3) is 44.5 Å². The van der Waals surface area contributed by atoms with Crippen LogP contribution in [0.4, 0.5) is 68.2 Å². The molecule has 0 bridgehead atoms. The lowest BCUT2D eigenvalue weighted by molar-refractivity contribution is 0.414. The highest BCUT2D eigenvalue weighted by Crippen LogP contribution is 2.42. The molecule has 0 aliphatic heterocycles. The summed E-state index contributed by atoms with van der Waals surface area (Å²) in [5, 5.41) is 5.03. The Morgan fingerprint density at radius 3 is 0.398 bits per heavy atom. The summed E-state index contributed by atoms with van der Waals surface area (Å²) in [6.07, 6.45) is 0. The summed E-state index contributed by atoms with van der Waals surface area (Å²) in [6.45, 7) is 8.53. The number of anilines is 12. The first-order valence-electron chi connectivity index (χ1n) is 38.3. The quantitative estimate of drug-likeness (QED) is 0.0438. The highest BCUT2D eigenvalue weighted by molar-refractivity contribution is 7.20. The number of hydrogen-bond acceptors (Lipinski definition) is 8. The maximum absolute atomic E-state index is 5.60. The molecule has 16 aromatic carbocycles. The number of ether oxygens (including phenoxy) is 4. The zero-order valence-corrected chi connectivity index (χ0v) is 65.9. The molecule has 552 valence electrons. The van der Waals surface area contributed by atoms with E-state index in [0.717, 1.165) is 136 Å². The van der Waals surface area contributed by atoms with Gasteiger partial charge in [0.05, 0.1) is 28.4 Å². The Hall–Kier alpha value is -13.9. The molecule has 0 saturated carbocycles. The molecule has 0 N–H and O–H groups in total. The van der Waals surface area contributed by atoms with Crippen molar-refractivity contribution in [2.24, 2.45) is 0 Å². The van der Waals surface area contributed by atoms with Gasteiger partial charge in [0.2, 0.25) is 0 Å². The predicted octanol–water partition coefficient (Wildman–Crippen LogP) is 24.9. The normalized spacial score (nSPS) is 11.2. The first kappa shape index (κ1) is 73.3. The lowest BCUT2D eigenvalue weighted by Gasteiger charge is -2.35. The topological polar surface area (TPSA) is 49.9 Å². The molecule has 0 radical (unpaired) electrons. The second-order valence-electron chi connectivity index (χ2n) is 28.7. The van der Waals surface area contributed by atoms with Gasteiger partial charge >= 0.3 is 0 Å². The molecule has 0 spiro atoms. The fourth-order valence-corrected chi connectivity index (χ4v) is 20.0. The Balaban J connectivity index is 0.816. The van der Waals surface area contributed by atoms with Gasteiger partial charge in [-0.3, -0.25) is 0 Å². The molecule has 16 aromatic rings. The largest absolute Gasteiger partial charge is 0.497 e. The van der Waals surface area contributed by atoms with Crippen LogP contribution in [0.5, 0.6) is 23.0 Å². The van der Waals surface area contributed by atoms with Gasteiger partial charge in [-0.2, -0.15) is 0 Å². The van der Waals surface area contributed by atoms with Crippen molar-refractivity contribution in [1.29, 1.82) is 0 Å². The summed E-state index contributed by atoms with van der Waals surface area (Å²) in [5.74, 6) is 3.22. The molecule has 0 saturated heterocycles. The van der Waals surface area contributed by atoms with Gasteiger partial charge in [0, 0.05) is 68.2 Å². The minimum Gasteiger partial charge on any atom is -0.497 e. The van der Waals surface area contributed by atoms with Crippen molar-refractivity contribution in [3.8, 4) is 67.5 Å². The molecule has 16 rings (SSSR count). The minimum atomic E-state index is -3.30. The molecule has 9 heteroatoms. The average Bonchev–Trinajstić information content (AvgIpc) is 0.726. The number of nitrogens with zero attached hydrogens (tertiary/aromatic N) is 4. The Morgan fingerprint density at radius 1 is 0.150 bits per heavy atom. The molecule has 0 aliphatic rings. The van der Waals surface area contributed by atoms with Crippen LogP contribution < -0.4 is 59.3 Å². The van der Waals surface area contributed by atoms with E-state index in [2.05, 4.69) is 387 Å². The van der Waals surface area contributed by atoms with E-state index in [1.54, 1.807) is 28.4 Å². The molecule has 8 nitrogen and oxygen atoms in total. The number of rotatable bonds is 24. The maximum Gasteiger partial charge on any atom is 0.179 e. The van der Waals surface area contributed by atoms with Gasteiger partial charge in [0.25, 0.3) is 0 Å². The molecule has 0 aromatic heterocycles. The van der Waals surface area contributed by atoms with Gasteiger partial charge in [0.15, 0.2) is 8.07 Å². The van der Waals surface area contributed by atoms with Gasteiger partial charge < -0.3 is 38.5 Å². The first-order chi connectivity index (χ1) is 55.4. The van der Waals surface area contributed by atoms with E-state index in [1.807, 2.05) is 48.5 Å². The minimum absolute atomic E-state index is 0.797. The molecule has 0 unspecified atom stereocenters. The van der Waals surface area contributed by atoms with Gasteiger partial charge in [0.1, 0.15) is 23.0 Å². The Kier molecular flexibility index (Phi) is 21.2. The predicted molar refractivity (Wildman–Crippen MR) is 476 cm³/mol. The van der Waals surface area contributed by atoms with Crippen LogP contribution in [-0.4, -0.2) is 36.5 Å². The molecule has 0 atom stereocenters. The summed E-state index contributed by atoms with van der Waals surface area (Å²) < 4.78 is 22.4. The fraction of sp³-hybridized carbons (Fsp3) is 0.0769. The number of aryl methyl sites for hydroxylation is 4. The average molecular weight is 1490 g/mol. The SMILES string of the molecule is COc1ccc(N(c2ccc(C)cc2)c2ccc(-c3ccc([Si](c4ccc(-c5ccc(N(c6ccc(C)cc6)c6ccc(C)cc6)cc5)cc4)(c4ccc(-c5ccc(N(c6ccc(C)cc6)c6ccc(OC)cc6)cc5)cc4)c4ccc(-c5ccc(N(c6ccc(OC)cc6)c6ccc(OC)cc6)cc5)cc4)cc3)cc2)cc1. The summed E-state index contributed by atoms with van der Waals surface area (Å²) in [6, 6.07) is 142. The standard InChI is InChI=1S/C104H88N4O4Si/c1-73-9-33-85(34-10-73)105(86-35-11-74(2)12-36-86)89-41-17-77(18-42-89)81-25-65-101(66-26-81)113(102-67-27-82(28-68-102)78-19-43-90(44-20-78)106(87-37-13-75(3)14-38-87)93-49-57-97(109-5)58-50-93,103-69-29-83(30-70-103)79-21-45-91(46-22-79)107(88-39-15-76(4)16-40-88)94-51-59-98(110-6)60-52-94)104-71-31-84(32-72-104)80-23-47-92(48-24-80)108(95-53-61-99(111-7)62-54-95)96-55-63-100(112-8)64-56-96/h9-72H,1-8H3. The Bertz CT molecular complexity index is 5550. The van der Waals surface area contributed by atoms with Crippen LogP contribution in [0, 0.1) is 27.7 Å². The van der Waals surface area contributed by atoms with Crippen LogP contribution >= 0.6 is 0 Å².